The number of ether oxygens (including phenoxy) is 1. The topological polar surface area (TPSA) is 61.2 Å². The van der Waals surface area contributed by atoms with E-state index in [0.29, 0.717) is 21.2 Å². The van der Waals surface area contributed by atoms with E-state index >= 15 is 0 Å². The van der Waals surface area contributed by atoms with Crippen LogP contribution in [0.15, 0.2) is 58.1 Å². The van der Waals surface area contributed by atoms with E-state index in [0.717, 1.165) is 4.47 Å². The Labute approximate surface area is 179 Å². The molecular weight excluding hydrogens is 460 g/mol. The number of benzene rings is 2. The average molecular weight is 477 g/mol. The van der Waals surface area contributed by atoms with Crippen molar-refractivity contribution in [2.45, 2.75) is 17.5 Å². The maximum absolute atomic E-state index is 12.6. The molecule has 1 aliphatic rings. The van der Waals surface area contributed by atoms with Gasteiger partial charge in [-0.25, -0.2) is 4.98 Å². The molecule has 2 aromatic carbocycles. The fourth-order valence-electron chi connectivity index (χ4n) is 2.93. The fourth-order valence-corrected chi connectivity index (χ4v) is 6.15. The van der Waals surface area contributed by atoms with Gasteiger partial charge < -0.3 is 4.74 Å². The van der Waals surface area contributed by atoms with Crippen LogP contribution in [0.2, 0.25) is 0 Å². The van der Waals surface area contributed by atoms with Crippen molar-refractivity contribution < 1.29 is 9.53 Å². The van der Waals surface area contributed by atoms with E-state index in [1.807, 2.05) is 53.9 Å². The predicted molar refractivity (Wildman–Crippen MR) is 118 cm³/mol. The maximum atomic E-state index is 12.6. The van der Waals surface area contributed by atoms with Crippen molar-refractivity contribution in [1.29, 1.82) is 0 Å². The van der Waals surface area contributed by atoms with Gasteiger partial charge in [0, 0.05) is 22.5 Å². The number of hydrogen-bond acceptors (Lipinski definition) is 6. The van der Waals surface area contributed by atoms with Crippen LogP contribution in [-0.2, 0) is 11.3 Å². The molecule has 2 heterocycles. The van der Waals surface area contributed by atoms with Crippen LogP contribution >= 0.6 is 39.5 Å². The molecule has 1 aliphatic heterocycles. The lowest BCUT2D eigenvalue weighted by atomic mass is 10.2. The summed E-state index contributed by atoms with van der Waals surface area (Å²) in [6.45, 7) is 0.223. The van der Waals surface area contributed by atoms with Gasteiger partial charge >= 0.3 is 5.97 Å². The number of esters is 1. The first kappa shape index (κ1) is 19.5. The normalized spacial score (nSPS) is 14.5. The first-order valence-electron chi connectivity index (χ1n) is 8.79. The highest BCUT2D eigenvalue weighted by atomic mass is 79.9. The molecule has 144 valence electrons. The van der Waals surface area contributed by atoms with Crippen LogP contribution in [0.1, 0.15) is 16.6 Å². The summed E-state index contributed by atoms with van der Waals surface area (Å²) in [6.07, 6.45) is 1.56. The Bertz CT molecular complexity index is 1060. The maximum Gasteiger partial charge on any atom is 0.312 e. The summed E-state index contributed by atoms with van der Waals surface area (Å²) in [6, 6.07) is 13.0. The molecule has 0 amide bonds. The highest BCUT2D eigenvalue weighted by molar-refractivity contribution is 9.10. The van der Waals surface area contributed by atoms with Gasteiger partial charge in [0.15, 0.2) is 0 Å². The summed E-state index contributed by atoms with van der Waals surface area (Å²) in [5, 5.41) is 0.517. The molecule has 0 N–H and O–H groups in total. The highest BCUT2D eigenvalue weighted by Gasteiger charge is 2.18. The smallest absolute Gasteiger partial charge is 0.312 e. The molecule has 1 aromatic heterocycles. The van der Waals surface area contributed by atoms with Crippen LogP contribution in [0.4, 0.5) is 0 Å². The van der Waals surface area contributed by atoms with Crippen molar-refractivity contribution in [1.82, 2.24) is 9.55 Å². The highest BCUT2D eigenvalue weighted by Crippen LogP contribution is 2.45. The minimum absolute atomic E-state index is 0.0944. The molecule has 0 unspecified atom stereocenters. The van der Waals surface area contributed by atoms with E-state index in [4.69, 9.17) is 4.74 Å². The Morgan fingerprint density at radius 2 is 1.93 bits per heavy atom. The number of nitrogens with zero attached hydrogens (tertiary/aromatic N) is 2. The van der Waals surface area contributed by atoms with E-state index in [1.54, 1.807) is 12.1 Å². The van der Waals surface area contributed by atoms with Gasteiger partial charge in [0.05, 0.1) is 28.2 Å². The van der Waals surface area contributed by atoms with Gasteiger partial charge in [-0.05, 0) is 35.9 Å². The zero-order chi connectivity index (χ0) is 19.5. The molecule has 0 radical (unpaired) electrons. The third-order valence-electron chi connectivity index (χ3n) is 4.35. The van der Waals surface area contributed by atoms with Crippen LogP contribution in [0.5, 0.6) is 5.75 Å². The minimum Gasteiger partial charge on any atom is -0.426 e. The lowest BCUT2D eigenvalue weighted by Crippen LogP contribution is -2.23. The van der Waals surface area contributed by atoms with Crippen molar-refractivity contribution in [2.75, 3.05) is 11.5 Å². The molecule has 0 saturated carbocycles. The minimum atomic E-state index is -0.376. The molecule has 3 aromatic rings. The lowest BCUT2D eigenvalue weighted by molar-refractivity contribution is -0.134. The Balaban J connectivity index is 1.38. The van der Waals surface area contributed by atoms with Gasteiger partial charge in [-0.1, -0.05) is 28.1 Å². The molecule has 4 rings (SSSR count). The molecular formula is C20H17BrN2O3S2. The average Bonchev–Trinajstić information content (AvgIpc) is 3.23. The van der Waals surface area contributed by atoms with Crippen molar-refractivity contribution in [2.24, 2.45) is 0 Å². The first-order valence-corrected chi connectivity index (χ1v) is 11.7. The summed E-state index contributed by atoms with van der Waals surface area (Å²) in [5.74, 6) is 2.49. The number of halogens is 1. The van der Waals surface area contributed by atoms with Gasteiger partial charge in [-0.2, -0.15) is 0 Å². The standard InChI is InChI=1S/C20H17BrN2O3S2/c21-14-3-6-17-16(11-14)19(25)23(12-22-17)8-7-18(24)26-15-4-1-13(2-5-15)20-27-9-10-28-20/h1-6,11-12,20H,7-10H2. The largest absolute Gasteiger partial charge is 0.426 e. The van der Waals surface area contributed by atoms with Gasteiger partial charge in [0.1, 0.15) is 5.75 Å². The summed E-state index contributed by atoms with van der Waals surface area (Å²) >= 11 is 7.24. The molecule has 0 atom stereocenters. The third kappa shape index (κ3) is 4.45. The van der Waals surface area contributed by atoms with Gasteiger partial charge in [0.2, 0.25) is 0 Å². The molecule has 1 saturated heterocycles. The van der Waals surface area contributed by atoms with E-state index in [2.05, 4.69) is 20.9 Å². The molecule has 0 aliphatic carbocycles. The summed E-state index contributed by atoms with van der Waals surface area (Å²) in [5.41, 5.74) is 1.70. The Morgan fingerprint density at radius 3 is 2.68 bits per heavy atom. The second-order valence-corrected chi connectivity index (χ2v) is 9.91. The molecule has 1 fully saturated rings. The number of aryl methyl sites for hydroxylation is 1. The van der Waals surface area contributed by atoms with Crippen LogP contribution in [0, 0.1) is 0 Å². The number of rotatable bonds is 5. The van der Waals surface area contributed by atoms with E-state index in [-0.39, 0.29) is 24.5 Å². The van der Waals surface area contributed by atoms with Crippen molar-refractivity contribution >= 4 is 56.3 Å². The van der Waals surface area contributed by atoms with E-state index in [1.165, 1.54) is 28.0 Å². The number of carbonyl (C=O) groups is 1. The van der Waals surface area contributed by atoms with Gasteiger partial charge in [0.25, 0.3) is 5.56 Å². The molecule has 0 bridgehead atoms. The van der Waals surface area contributed by atoms with E-state index < -0.39 is 0 Å². The SMILES string of the molecule is O=C(CCn1cnc2ccc(Br)cc2c1=O)Oc1ccc(C2SCCS2)cc1. The molecule has 28 heavy (non-hydrogen) atoms. The Morgan fingerprint density at radius 1 is 1.18 bits per heavy atom. The number of fused-ring (bicyclic) bond motifs is 1. The second-order valence-electron chi connectivity index (χ2n) is 6.27. The Kier molecular flexibility index (Phi) is 6.08. The van der Waals surface area contributed by atoms with Crippen LogP contribution in [0.3, 0.4) is 0 Å². The zero-order valence-electron chi connectivity index (χ0n) is 14.8. The van der Waals surface area contributed by atoms with Crippen molar-refractivity contribution in [3.8, 4) is 5.75 Å². The summed E-state index contributed by atoms with van der Waals surface area (Å²) in [7, 11) is 0. The molecule has 8 heteroatoms. The molecule has 5 nitrogen and oxygen atoms in total. The molecule has 0 spiro atoms. The number of carbonyl (C=O) groups excluding carboxylic acids is 1. The van der Waals surface area contributed by atoms with Crippen molar-refractivity contribution in [3.63, 3.8) is 0 Å². The number of thioether (sulfide) groups is 2. The first-order chi connectivity index (χ1) is 13.6. The van der Waals surface area contributed by atoms with Gasteiger partial charge in [-0.3, -0.25) is 14.2 Å². The quantitative estimate of drug-likeness (QED) is 0.395. The summed E-state index contributed by atoms with van der Waals surface area (Å²) < 4.78 is 8.13. The monoisotopic (exact) mass is 476 g/mol. The number of aromatic nitrogens is 2. The third-order valence-corrected chi connectivity index (χ3v) is 7.95. The van der Waals surface area contributed by atoms with Crippen LogP contribution in [-0.4, -0.2) is 27.0 Å². The van der Waals surface area contributed by atoms with E-state index in [9.17, 15) is 9.59 Å². The van der Waals surface area contributed by atoms with Gasteiger partial charge in [-0.15, -0.1) is 23.5 Å². The zero-order valence-corrected chi connectivity index (χ0v) is 18.1. The predicted octanol–water partition coefficient (Wildman–Crippen LogP) is 4.63. The summed E-state index contributed by atoms with van der Waals surface area (Å²) in [4.78, 5) is 29.0. The fraction of sp³-hybridized carbons (Fsp3) is 0.250. The van der Waals surface area contributed by atoms with Crippen LogP contribution in [0.25, 0.3) is 10.9 Å². The lowest BCUT2D eigenvalue weighted by Gasteiger charge is -2.10. The van der Waals surface area contributed by atoms with Crippen LogP contribution < -0.4 is 10.3 Å². The Hall–Kier alpha value is -1.77. The second kappa shape index (κ2) is 8.71. The number of hydrogen-bond donors (Lipinski definition) is 0. The van der Waals surface area contributed by atoms with Crippen molar-refractivity contribution in [3.05, 3.63) is 69.2 Å².